The highest BCUT2D eigenvalue weighted by atomic mass is 32.2. The van der Waals surface area contributed by atoms with Gasteiger partial charge in [0, 0.05) is 20.2 Å². The molecular formula is C9H13N5O4S2. The Balaban J connectivity index is 2.61. The second-order valence-corrected chi connectivity index (χ2v) is 6.61. The average Bonchev–Trinajstić information content (AvgIpc) is 2.75. The Morgan fingerprint density at radius 3 is 2.75 bits per heavy atom. The molecule has 0 aliphatic carbocycles. The van der Waals surface area contributed by atoms with Gasteiger partial charge in [-0.05, 0) is 0 Å². The molecule has 9 nitrogen and oxygen atoms in total. The Hall–Kier alpha value is -1.72. The number of hydrogen-bond acceptors (Lipinski definition) is 6. The van der Waals surface area contributed by atoms with Crippen LogP contribution in [0.3, 0.4) is 0 Å². The van der Waals surface area contributed by atoms with E-state index in [9.17, 15) is 13.2 Å². The maximum Gasteiger partial charge on any atom is 0.417 e. The molecule has 110 valence electrons. The summed E-state index contributed by atoms with van der Waals surface area (Å²) in [6, 6.07) is 1.51. The number of aliphatic imine (C=N–C) groups is 1. The number of amides is 1. The number of H-pyrrole nitrogens is 1. The van der Waals surface area contributed by atoms with Gasteiger partial charge >= 0.3 is 6.09 Å². The van der Waals surface area contributed by atoms with Crippen LogP contribution in [-0.4, -0.2) is 59.9 Å². The highest BCUT2D eigenvalue weighted by Gasteiger charge is 2.36. The Labute approximate surface area is 120 Å². The van der Waals surface area contributed by atoms with E-state index in [0.717, 1.165) is 16.3 Å². The number of amidine groups is 1. The predicted octanol–water partition coefficient (Wildman–Crippen LogP) is 0.464. The first-order chi connectivity index (χ1) is 9.27. The second-order valence-electron chi connectivity index (χ2n) is 4.13. The molecule has 1 N–H and O–H groups in total. The first-order valence-electron chi connectivity index (χ1n) is 5.44. The van der Waals surface area contributed by atoms with E-state index < -0.39 is 21.3 Å². The van der Waals surface area contributed by atoms with E-state index in [1.165, 1.54) is 24.8 Å². The van der Waals surface area contributed by atoms with Crippen LogP contribution in [-0.2, 0) is 21.4 Å². The third-order valence-electron chi connectivity index (χ3n) is 2.61. The molecule has 0 spiro atoms. The summed E-state index contributed by atoms with van der Waals surface area (Å²) in [6.07, 6.45) is -0.826. The van der Waals surface area contributed by atoms with Crippen molar-refractivity contribution in [1.29, 1.82) is 0 Å². The number of nitrogens with zero attached hydrogens (tertiary/aromatic N) is 4. The lowest BCUT2D eigenvalue weighted by molar-refractivity contribution is 0.136. The molecule has 2 rings (SSSR count). The van der Waals surface area contributed by atoms with Crippen molar-refractivity contribution in [2.75, 3.05) is 21.2 Å². The molecule has 0 atom stereocenters. The molecule has 0 bridgehead atoms. The summed E-state index contributed by atoms with van der Waals surface area (Å²) in [5.41, 5.74) is 0. The van der Waals surface area contributed by atoms with Crippen LogP contribution < -0.4 is 0 Å². The summed E-state index contributed by atoms with van der Waals surface area (Å²) in [5.74, 6) is 0.329. The number of nitrogens with one attached hydrogen (secondary N) is 1. The molecule has 1 aromatic heterocycles. The third-order valence-corrected chi connectivity index (χ3v) is 4.56. The third kappa shape index (κ3) is 2.34. The Morgan fingerprint density at radius 2 is 2.20 bits per heavy atom. The second kappa shape index (κ2) is 5.00. The van der Waals surface area contributed by atoms with Gasteiger partial charge in [0.25, 0.3) is 15.2 Å². The van der Waals surface area contributed by atoms with Crippen molar-refractivity contribution in [2.45, 2.75) is 6.67 Å². The van der Waals surface area contributed by atoms with E-state index >= 15 is 0 Å². The molecule has 0 radical (unpaired) electrons. The standard InChI is InChI=1S/C9H13N5O4S2/c1-12(2)20(16,17)8-10-6-4-7(19)11-14(6)5-13(8)9(15)18-3/h4H,5H2,1-3H3,(H,11,19). The minimum absolute atomic E-state index is 0.0788. The first-order valence-corrected chi connectivity index (χ1v) is 7.28. The first kappa shape index (κ1) is 14.7. The van der Waals surface area contributed by atoms with Crippen molar-refractivity contribution < 1.29 is 17.9 Å². The highest BCUT2D eigenvalue weighted by Crippen LogP contribution is 2.22. The fraction of sp³-hybridized carbons (Fsp3) is 0.444. The van der Waals surface area contributed by atoms with Gasteiger partial charge in [0.1, 0.15) is 11.3 Å². The topological polar surface area (TPSA) is 100 Å². The van der Waals surface area contributed by atoms with Crippen molar-refractivity contribution in [1.82, 2.24) is 19.0 Å². The van der Waals surface area contributed by atoms with Crippen molar-refractivity contribution in [3.63, 3.8) is 0 Å². The number of fused-ring (bicyclic) bond motifs is 1. The summed E-state index contributed by atoms with van der Waals surface area (Å²) in [5, 5.41) is 2.37. The summed E-state index contributed by atoms with van der Waals surface area (Å²) in [6.45, 7) is -0.0788. The largest absolute Gasteiger partial charge is 0.452 e. The molecule has 11 heteroatoms. The zero-order valence-electron chi connectivity index (χ0n) is 11.0. The maximum absolute atomic E-state index is 12.2. The van der Waals surface area contributed by atoms with Crippen LogP contribution >= 0.6 is 12.2 Å². The smallest absolute Gasteiger partial charge is 0.417 e. The van der Waals surface area contributed by atoms with Crippen LogP contribution in [0, 0.1) is 4.64 Å². The molecular weight excluding hydrogens is 306 g/mol. The van der Waals surface area contributed by atoms with E-state index in [4.69, 9.17) is 12.2 Å². The minimum Gasteiger partial charge on any atom is -0.452 e. The van der Waals surface area contributed by atoms with Crippen molar-refractivity contribution >= 4 is 39.3 Å². The molecule has 1 aliphatic heterocycles. The van der Waals surface area contributed by atoms with Crippen LogP contribution in [0.25, 0.3) is 0 Å². The number of sulfonamides is 1. The zero-order valence-corrected chi connectivity index (χ0v) is 12.7. The fourth-order valence-electron chi connectivity index (χ4n) is 1.58. The normalized spacial score (nSPS) is 15.0. The SMILES string of the molecule is COC(=O)N1Cn2[nH]c(=S)cc2N=C1S(=O)(=O)N(C)C. The van der Waals surface area contributed by atoms with Gasteiger partial charge in [-0.2, -0.15) is 4.99 Å². The molecule has 0 unspecified atom stereocenters. The number of hydrogen-bond donors (Lipinski definition) is 1. The minimum atomic E-state index is -3.89. The summed E-state index contributed by atoms with van der Waals surface area (Å²) < 4.78 is 31.9. The van der Waals surface area contributed by atoms with Gasteiger partial charge in [-0.1, -0.05) is 12.2 Å². The lowest BCUT2D eigenvalue weighted by atomic mass is 10.6. The van der Waals surface area contributed by atoms with E-state index in [1.807, 2.05) is 0 Å². The van der Waals surface area contributed by atoms with Gasteiger partial charge in [0.2, 0.25) is 0 Å². The summed E-state index contributed by atoms with van der Waals surface area (Å²) >= 11 is 4.96. The van der Waals surface area contributed by atoms with Gasteiger partial charge in [-0.3, -0.25) is 5.10 Å². The molecule has 0 fully saturated rings. The molecule has 1 aliphatic rings. The van der Waals surface area contributed by atoms with Crippen LogP contribution in [0.15, 0.2) is 11.1 Å². The van der Waals surface area contributed by atoms with E-state index in [2.05, 4.69) is 14.8 Å². The van der Waals surface area contributed by atoms with Crippen molar-refractivity contribution in [3.8, 4) is 0 Å². The summed E-state index contributed by atoms with van der Waals surface area (Å²) in [7, 11) is -0.0226. The van der Waals surface area contributed by atoms with Crippen LogP contribution in [0.4, 0.5) is 10.6 Å². The van der Waals surface area contributed by atoms with Gasteiger partial charge in [0.05, 0.1) is 7.11 Å². The number of rotatable bonds is 1. The highest BCUT2D eigenvalue weighted by molar-refractivity contribution is 8.04. The van der Waals surface area contributed by atoms with Gasteiger partial charge in [-0.25, -0.2) is 27.1 Å². The molecule has 1 amide bonds. The number of aromatic amines is 1. The average molecular weight is 319 g/mol. The zero-order chi connectivity index (χ0) is 15.1. The molecule has 2 heterocycles. The maximum atomic E-state index is 12.2. The molecule has 0 aromatic carbocycles. The fourth-order valence-corrected chi connectivity index (χ4v) is 2.75. The predicted molar refractivity (Wildman–Crippen MR) is 73.6 cm³/mol. The monoisotopic (exact) mass is 319 g/mol. The quantitative estimate of drug-likeness (QED) is 0.758. The van der Waals surface area contributed by atoms with E-state index in [0.29, 0.717) is 10.5 Å². The Morgan fingerprint density at radius 1 is 1.55 bits per heavy atom. The lowest BCUT2D eigenvalue weighted by Crippen LogP contribution is -2.47. The van der Waals surface area contributed by atoms with Crippen LogP contribution in [0.1, 0.15) is 0 Å². The van der Waals surface area contributed by atoms with Crippen LogP contribution in [0.2, 0.25) is 0 Å². The molecule has 0 saturated heterocycles. The van der Waals surface area contributed by atoms with Gasteiger partial charge < -0.3 is 4.74 Å². The number of aromatic nitrogens is 2. The number of carbonyl (C=O) groups excluding carboxylic acids is 1. The van der Waals surface area contributed by atoms with Crippen LogP contribution in [0.5, 0.6) is 0 Å². The number of carbonyl (C=O) groups is 1. The van der Waals surface area contributed by atoms with Crippen molar-refractivity contribution in [3.05, 3.63) is 10.7 Å². The van der Waals surface area contributed by atoms with Crippen molar-refractivity contribution in [2.24, 2.45) is 4.99 Å². The van der Waals surface area contributed by atoms with E-state index in [1.54, 1.807) is 0 Å². The Kier molecular flexibility index (Phi) is 3.67. The molecule has 1 aromatic rings. The Bertz CT molecular complexity index is 730. The number of methoxy groups -OCH3 is 1. The molecule has 0 saturated carbocycles. The number of ether oxygens (including phenoxy) is 1. The lowest BCUT2D eigenvalue weighted by Gasteiger charge is -2.27. The summed E-state index contributed by atoms with van der Waals surface area (Å²) in [4.78, 5) is 16.6. The van der Waals surface area contributed by atoms with E-state index in [-0.39, 0.29) is 6.67 Å². The van der Waals surface area contributed by atoms with Gasteiger partial charge in [0.15, 0.2) is 5.82 Å². The van der Waals surface area contributed by atoms with Gasteiger partial charge in [-0.15, -0.1) is 0 Å². The molecule has 20 heavy (non-hydrogen) atoms.